The zero-order chi connectivity index (χ0) is 19.7. The second kappa shape index (κ2) is 7.41. The van der Waals surface area contributed by atoms with Gasteiger partial charge in [0.2, 0.25) is 0 Å². The van der Waals surface area contributed by atoms with Gasteiger partial charge in [0.15, 0.2) is 5.82 Å². The van der Waals surface area contributed by atoms with E-state index in [-0.39, 0.29) is 12.5 Å². The van der Waals surface area contributed by atoms with Gasteiger partial charge in [-0.2, -0.15) is 0 Å². The molecular formula is C19H22N6O3. The third kappa shape index (κ3) is 3.23. The van der Waals surface area contributed by atoms with E-state index in [1.54, 1.807) is 25.1 Å². The first-order chi connectivity index (χ1) is 13.6. The fourth-order valence-corrected chi connectivity index (χ4v) is 3.67. The molecule has 0 aliphatic carbocycles. The topological polar surface area (TPSA) is 115 Å². The summed E-state index contributed by atoms with van der Waals surface area (Å²) in [5.74, 6) is 1.45. The van der Waals surface area contributed by atoms with Crippen molar-refractivity contribution in [1.29, 1.82) is 0 Å². The molecule has 2 aromatic heterocycles. The summed E-state index contributed by atoms with van der Waals surface area (Å²) in [6.45, 7) is 3.33. The molecule has 1 amide bonds. The van der Waals surface area contributed by atoms with Crippen LogP contribution in [0.3, 0.4) is 0 Å². The zero-order valence-corrected chi connectivity index (χ0v) is 15.7. The highest BCUT2D eigenvalue weighted by molar-refractivity contribution is 5.97. The van der Waals surface area contributed by atoms with Crippen molar-refractivity contribution in [3.63, 3.8) is 0 Å². The minimum Gasteiger partial charge on any atom is -0.345 e. The molecule has 0 unspecified atom stereocenters. The smallest absolute Gasteiger partial charge is 0.316 e. The van der Waals surface area contributed by atoms with E-state index in [0.717, 1.165) is 37.5 Å². The molecule has 0 saturated heterocycles. The van der Waals surface area contributed by atoms with Gasteiger partial charge in [-0.1, -0.05) is 6.42 Å². The summed E-state index contributed by atoms with van der Waals surface area (Å²) >= 11 is 0. The van der Waals surface area contributed by atoms with Crippen LogP contribution in [0, 0.1) is 0 Å². The Morgan fingerprint density at radius 1 is 1.21 bits per heavy atom. The SMILES string of the molecule is CCn1c(=O)c(=O)[nH]c2cc(C(=O)NCc3nnc4n3CCCCC4)ccc21. The number of hydrogen-bond acceptors (Lipinski definition) is 5. The maximum Gasteiger partial charge on any atom is 0.316 e. The van der Waals surface area contributed by atoms with E-state index in [1.807, 2.05) is 0 Å². The number of aryl methyl sites for hydroxylation is 2. The van der Waals surface area contributed by atoms with E-state index in [4.69, 9.17) is 0 Å². The molecule has 0 spiro atoms. The minimum atomic E-state index is -0.696. The largest absolute Gasteiger partial charge is 0.345 e. The van der Waals surface area contributed by atoms with Crippen LogP contribution < -0.4 is 16.4 Å². The molecule has 146 valence electrons. The molecule has 2 N–H and O–H groups in total. The van der Waals surface area contributed by atoms with Crippen LogP contribution in [0.5, 0.6) is 0 Å². The highest BCUT2D eigenvalue weighted by Gasteiger charge is 2.16. The van der Waals surface area contributed by atoms with Crippen LogP contribution in [0.25, 0.3) is 11.0 Å². The maximum atomic E-state index is 12.6. The van der Waals surface area contributed by atoms with Gasteiger partial charge in [-0.25, -0.2) is 0 Å². The molecule has 1 aliphatic heterocycles. The number of aromatic nitrogens is 5. The van der Waals surface area contributed by atoms with Crippen LogP contribution >= 0.6 is 0 Å². The number of hydrogen-bond donors (Lipinski definition) is 2. The number of carbonyl (C=O) groups is 1. The standard InChI is InChI=1S/C19H22N6O3/c1-2-24-14-8-7-12(10-13(14)21-18(27)19(24)28)17(26)20-11-16-23-22-15-6-4-3-5-9-25(15)16/h7-8,10H,2-6,9,11H2,1H3,(H,20,26)(H,21,27). The van der Waals surface area contributed by atoms with Crippen molar-refractivity contribution in [2.75, 3.05) is 0 Å². The summed E-state index contributed by atoms with van der Waals surface area (Å²) in [5, 5.41) is 11.3. The van der Waals surface area contributed by atoms with E-state index < -0.39 is 11.1 Å². The third-order valence-electron chi connectivity index (χ3n) is 5.15. The summed E-state index contributed by atoms with van der Waals surface area (Å²) in [6, 6.07) is 4.90. The van der Waals surface area contributed by atoms with Gasteiger partial charge in [0.25, 0.3) is 5.91 Å². The first-order valence-electron chi connectivity index (χ1n) is 9.54. The molecule has 0 saturated carbocycles. The third-order valence-corrected chi connectivity index (χ3v) is 5.15. The van der Waals surface area contributed by atoms with Crippen molar-refractivity contribution in [2.45, 2.75) is 52.2 Å². The van der Waals surface area contributed by atoms with Crippen LogP contribution in [0.2, 0.25) is 0 Å². The molecule has 1 aromatic carbocycles. The van der Waals surface area contributed by atoms with E-state index in [0.29, 0.717) is 23.1 Å². The monoisotopic (exact) mass is 382 g/mol. The lowest BCUT2D eigenvalue weighted by molar-refractivity contribution is 0.0949. The first-order valence-corrected chi connectivity index (χ1v) is 9.54. The number of amides is 1. The average molecular weight is 382 g/mol. The van der Waals surface area contributed by atoms with Crippen LogP contribution in [0.1, 0.15) is 48.2 Å². The van der Waals surface area contributed by atoms with Crippen LogP contribution in [0.15, 0.2) is 27.8 Å². The molecule has 0 radical (unpaired) electrons. The van der Waals surface area contributed by atoms with Gasteiger partial charge in [-0.05, 0) is 38.0 Å². The van der Waals surface area contributed by atoms with Crippen molar-refractivity contribution in [2.24, 2.45) is 0 Å². The predicted molar refractivity (Wildman–Crippen MR) is 103 cm³/mol. The Labute approximate surface area is 160 Å². The summed E-state index contributed by atoms with van der Waals surface area (Å²) in [6.07, 6.45) is 4.29. The molecule has 1 aliphatic rings. The summed E-state index contributed by atoms with van der Waals surface area (Å²) < 4.78 is 3.48. The second-order valence-electron chi connectivity index (χ2n) is 6.91. The lowest BCUT2D eigenvalue weighted by Gasteiger charge is -2.10. The molecule has 0 bridgehead atoms. The van der Waals surface area contributed by atoms with E-state index in [2.05, 4.69) is 25.1 Å². The van der Waals surface area contributed by atoms with Crippen molar-refractivity contribution in [1.82, 2.24) is 29.6 Å². The Kier molecular flexibility index (Phi) is 4.81. The number of carbonyl (C=O) groups excluding carboxylic acids is 1. The molecular weight excluding hydrogens is 360 g/mol. The fraction of sp³-hybridized carbons (Fsp3) is 0.421. The lowest BCUT2D eigenvalue weighted by atomic mass is 10.1. The predicted octanol–water partition coefficient (Wildman–Crippen LogP) is 0.958. The Bertz CT molecular complexity index is 1160. The molecule has 3 aromatic rings. The molecule has 9 nitrogen and oxygen atoms in total. The van der Waals surface area contributed by atoms with Gasteiger partial charge in [0, 0.05) is 25.1 Å². The summed E-state index contributed by atoms with van der Waals surface area (Å²) in [4.78, 5) is 38.9. The van der Waals surface area contributed by atoms with E-state index >= 15 is 0 Å². The quantitative estimate of drug-likeness (QED) is 0.652. The lowest BCUT2D eigenvalue weighted by Crippen LogP contribution is -2.36. The average Bonchev–Trinajstić information content (AvgIpc) is 2.92. The molecule has 0 atom stereocenters. The number of benzene rings is 1. The first kappa shape index (κ1) is 18.1. The number of H-pyrrole nitrogens is 1. The maximum absolute atomic E-state index is 12.6. The highest BCUT2D eigenvalue weighted by atomic mass is 16.2. The second-order valence-corrected chi connectivity index (χ2v) is 6.91. The van der Waals surface area contributed by atoms with Gasteiger partial charge in [0.1, 0.15) is 5.82 Å². The normalized spacial score (nSPS) is 13.9. The Morgan fingerprint density at radius 3 is 2.89 bits per heavy atom. The number of nitrogens with one attached hydrogen (secondary N) is 2. The van der Waals surface area contributed by atoms with Gasteiger partial charge in [-0.15, -0.1) is 10.2 Å². The van der Waals surface area contributed by atoms with Gasteiger partial charge >= 0.3 is 11.1 Å². The number of fused-ring (bicyclic) bond motifs is 2. The van der Waals surface area contributed by atoms with E-state index in [1.165, 1.54) is 11.0 Å². The van der Waals surface area contributed by atoms with Gasteiger partial charge < -0.3 is 19.4 Å². The van der Waals surface area contributed by atoms with Gasteiger partial charge in [-0.3, -0.25) is 14.4 Å². The molecule has 4 rings (SSSR count). The number of nitrogens with zero attached hydrogens (tertiary/aromatic N) is 4. The Hall–Kier alpha value is -3.23. The molecule has 3 heterocycles. The molecule has 0 fully saturated rings. The van der Waals surface area contributed by atoms with Crippen molar-refractivity contribution in [3.05, 3.63) is 56.1 Å². The summed E-state index contributed by atoms with van der Waals surface area (Å²) in [5.41, 5.74) is 0.152. The zero-order valence-electron chi connectivity index (χ0n) is 15.7. The summed E-state index contributed by atoms with van der Waals surface area (Å²) in [7, 11) is 0. The molecule has 9 heteroatoms. The number of aromatic amines is 1. The van der Waals surface area contributed by atoms with Gasteiger partial charge in [0.05, 0.1) is 17.6 Å². The Morgan fingerprint density at radius 2 is 2.07 bits per heavy atom. The van der Waals surface area contributed by atoms with Crippen molar-refractivity contribution < 1.29 is 4.79 Å². The van der Waals surface area contributed by atoms with Crippen molar-refractivity contribution in [3.8, 4) is 0 Å². The van der Waals surface area contributed by atoms with Crippen molar-refractivity contribution >= 4 is 16.9 Å². The Balaban J connectivity index is 1.56. The minimum absolute atomic E-state index is 0.275. The van der Waals surface area contributed by atoms with Crippen LogP contribution in [-0.4, -0.2) is 30.2 Å². The number of rotatable bonds is 4. The highest BCUT2D eigenvalue weighted by Crippen LogP contribution is 2.15. The van der Waals surface area contributed by atoms with Crippen LogP contribution in [-0.2, 0) is 26.1 Å². The van der Waals surface area contributed by atoms with Crippen LogP contribution in [0.4, 0.5) is 0 Å². The molecule has 28 heavy (non-hydrogen) atoms. The fourth-order valence-electron chi connectivity index (χ4n) is 3.67. The van der Waals surface area contributed by atoms with E-state index in [9.17, 15) is 14.4 Å².